The van der Waals surface area contributed by atoms with Gasteiger partial charge in [0.2, 0.25) is 0 Å². The van der Waals surface area contributed by atoms with Crippen LogP contribution in [0.15, 0.2) is 11.4 Å². The number of thiophene rings is 1. The lowest BCUT2D eigenvalue weighted by Crippen LogP contribution is -2.33. The Balaban J connectivity index is 2.08. The molecule has 2 N–H and O–H groups in total. The fraction of sp³-hybridized carbons (Fsp3) is 0.625. The van der Waals surface area contributed by atoms with Crippen molar-refractivity contribution >= 4 is 11.3 Å². The van der Waals surface area contributed by atoms with E-state index in [-0.39, 0.29) is 0 Å². The molecule has 0 radical (unpaired) electrons. The van der Waals surface area contributed by atoms with Gasteiger partial charge in [-0.15, -0.1) is 11.3 Å². The van der Waals surface area contributed by atoms with E-state index in [0.29, 0.717) is 6.54 Å². The minimum Gasteiger partial charge on any atom is -0.320 e. The highest BCUT2D eigenvalue weighted by Crippen LogP contribution is 2.24. The van der Waals surface area contributed by atoms with Gasteiger partial charge in [0.15, 0.2) is 0 Å². The molecule has 2 heterocycles. The van der Waals surface area contributed by atoms with E-state index < -0.39 is 0 Å². The van der Waals surface area contributed by atoms with E-state index in [1.54, 1.807) is 0 Å². The average Bonchev–Trinajstić information content (AvgIpc) is 2.73. The van der Waals surface area contributed by atoms with Gasteiger partial charge in [0.1, 0.15) is 0 Å². The Morgan fingerprint density at radius 2 is 2.32 bits per heavy atom. The first kappa shape index (κ1) is 14.6. The molecule has 0 aromatic carbocycles. The number of rotatable bonds is 3. The first-order valence-corrected chi connectivity index (χ1v) is 8.22. The Morgan fingerprint density at radius 1 is 1.42 bits per heavy atom. The van der Waals surface area contributed by atoms with E-state index in [4.69, 9.17) is 5.73 Å². The predicted molar refractivity (Wildman–Crippen MR) is 83.2 cm³/mol. The molecule has 0 aliphatic carbocycles. The molecular formula is C16H24N2S. The van der Waals surface area contributed by atoms with Crippen LogP contribution in [0.5, 0.6) is 0 Å². The van der Waals surface area contributed by atoms with Crippen LogP contribution < -0.4 is 5.73 Å². The lowest BCUT2D eigenvalue weighted by atomic mass is 10.1. The maximum Gasteiger partial charge on any atom is 0.0555 e. The van der Waals surface area contributed by atoms with E-state index in [1.807, 2.05) is 11.3 Å². The van der Waals surface area contributed by atoms with Crippen LogP contribution in [-0.4, -0.2) is 24.0 Å². The summed E-state index contributed by atoms with van der Waals surface area (Å²) >= 11 is 1.83. The molecule has 1 saturated heterocycles. The number of hydrogen-bond acceptors (Lipinski definition) is 3. The normalized spacial score (nSPS) is 20.6. The maximum atomic E-state index is 5.46. The zero-order valence-corrected chi connectivity index (χ0v) is 12.6. The quantitative estimate of drug-likeness (QED) is 0.859. The molecular weight excluding hydrogens is 252 g/mol. The lowest BCUT2D eigenvalue weighted by molar-refractivity contribution is 0.187. The number of likely N-dealkylation sites (tertiary alicyclic amines) is 1. The molecule has 1 aromatic heterocycles. The van der Waals surface area contributed by atoms with Crippen molar-refractivity contribution < 1.29 is 0 Å². The van der Waals surface area contributed by atoms with Crippen molar-refractivity contribution in [1.82, 2.24) is 4.90 Å². The molecule has 2 rings (SSSR count). The Labute approximate surface area is 121 Å². The third kappa shape index (κ3) is 4.07. The first-order chi connectivity index (χ1) is 9.35. The van der Waals surface area contributed by atoms with Crippen molar-refractivity contribution in [3.05, 3.63) is 21.9 Å². The Hall–Kier alpha value is -0.820. The van der Waals surface area contributed by atoms with Gasteiger partial charge in [0.05, 0.1) is 6.54 Å². The van der Waals surface area contributed by atoms with E-state index in [1.165, 1.54) is 49.1 Å². The van der Waals surface area contributed by atoms with Gasteiger partial charge < -0.3 is 5.73 Å². The number of hydrogen-bond donors (Lipinski definition) is 1. The minimum absolute atomic E-state index is 0.441. The van der Waals surface area contributed by atoms with E-state index >= 15 is 0 Å². The van der Waals surface area contributed by atoms with E-state index in [0.717, 1.165) is 12.6 Å². The number of nitrogens with two attached hydrogens (primary N) is 1. The van der Waals surface area contributed by atoms with Gasteiger partial charge in [0, 0.05) is 23.0 Å². The molecule has 3 heteroatoms. The van der Waals surface area contributed by atoms with Crippen molar-refractivity contribution in [3.63, 3.8) is 0 Å². The SMILES string of the molecule is CCC1CCCCCN1Cc1sccc1C#CCN. The first-order valence-electron chi connectivity index (χ1n) is 7.34. The van der Waals surface area contributed by atoms with Crippen LogP contribution in [0.4, 0.5) is 0 Å². The smallest absolute Gasteiger partial charge is 0.0555 e. The summed E-state index contributed by atoms with van der Waals surface area (Å²) in [5, 5.41) is 2.15. The van der Waals surface area contributed by atoms with Gasteiger partial charge in [-0.2, -0.15) is 0 Å². The monoisotopic (exact) mass is 276 g/mol. The topological polar surface area (TPSA) is 29.3 Å². The zero-order chi connectivity index (χ0) is 13.5. The van der Waals surface area contributed by atoms with Crippen molar-refractivity contribution in [2.45, 2.75) is 51.6 Å². The van der Waals surface area contributed by atoms with Crippen LogP contribution in [0.3, 0.4) is 0 Å². The summed E-state index contributed by atoms with van der Waals surface area (Å²) in [6, 6.07) is 2.88. The van der Waals surface area contributed by atoms with Crippen LogP contribution >= 0.6 is 11.3 Å². The van der Waals surface area contributed by atoms with Crippen LogP contribution in [0, 0.1) is 11.8 Å². The zero-order valence-electron chi connectivity index (χ0n) is 11.8. The molecule has 104 valence electrons. The van der Waals surface area contributed by atoms with Crippen LogP contribution in [0.25, 0.3) is 0 Å². The molecule has 1 unspecified atom stereocenters. The Morgan fingerprint density at radius 3 is 3.11 bits per heavy atom. The Kier molecular flexibility index (Phi) is 5.91. The molecule has 19 heavy (non-hydrogen) atoms. The van der Waals surface area contributed by atoms with Crippen LogP contribution in [0.1, 0.15) is 49.5 Å². The second-order valence-electron chi connectivity index (χ2n) is 5.15. The van der Waals surface area contributed by atoms with Crippen molar-refractivity contribution in [2.75, 3.05) is 13.1 Å². The summed E-state index contributed by atoms with van der Waals surface area (Å²) in [7, 11) is 0. The van der Waals surface area contributed by atoms with Crippen molar-refractivity contribution in [2.24, 2.45) is 5.73 Å². The molecule has 0 bridgehead atoms. The molecule has 1 atom stereocenters. The third-order valence-electron chi connectivity index (χ3n) is 3.89. The second kappa shape index (κ2) is 7.69. The summed E-state index contributed by atoms with van der Waals surface area (Å²) < 4.78 is 0. The molecule has 2 nitrogen and oxygen atoms in total. The molecule has 1 aliphatic heterocycles. The third-order valence-corrected chi connectivity index (χ3v) is 4.79. The standard InChI is InChI=1S/C16H24N2S/c1-2-15-8-4-3-5-11-18(15)13-16-14(7-6-10-17)9-12-19-16/h9,12,15H,2-5,8,10-11,13,17H2,1H3. The second-order valence-corrected chi connectivity index (χ2v) is 6.15. The highest BCUT2D eigenvalue weighted by molar-refractivity contribution is 7.10. The predicted octanol–water partition coefficient (Wildman–Crippen LogP) is 3.21. The lowest BCUT2D eigenvalue weighted by Gasteiger charge is -2.28. The Bertz CT molecular complexity index is 441. The van der Waals surface area contributed by atoms with Gasteiger partial charge in [-0.1, -0.05) is 31.6 Å². The molecule has 1 fully saturated rings. The summed E-state index contributed by atoms with van der Waals surface area (Å²) in [6.45, 7) is 5.05. The van der Waals surface area contributed by atoms with E-state index in [9.17, 15) is 0 Å². The maximum absolute atomic E-state index is 5.46. The van der Waals surface area contributed by atoms with Crippen molar-refractivity contribution in [1.29, 1.82) is 0 Å². The summed E-state index contributed by atoms with van der Waals surface area (Å²) in [4.78, 5) is 4.06. The molecule has 0 saturated carbocycles. The highest BCUT2D eigenvalue weighted by atomic mass is 32.1. The molecule has 0 spiro atoms. The van der Waals surface area contributed by atoms with Crippen LogP contribution in [0.2, 0.25) is 0 Å². The van der Waals surface area contributed by atoms with Gasteiger partial charge in [-0.25, -0.2) is 0 Å². The van der Waals surface area contributed by atoms with Gasteiger partial charge in [0.25, 0.3) is 0 Å². The number of nitrogens with zero attached hydrogens (tertiary/aromatic N) is 1. The fourth-order valence-corrected chi connectivity index (χ4v) is 3.67. The molecule has 0 amide bonds. The average molecular weight is 276 g/mol. The van der Waals surface area contributed by atoms with Gasteiger partial charge >= 0.3 is 0 Å². The van der Waals surface area contributed by atoms with Gasteiger partial charge in [-0.05, 0) is 37.3 Å². The fourth-order valence-electron chi connectivity index (χ4n) is 2.81. The molecule has 1 aliphatic rings. The van der Waals surface area contributed by atoms with Gasteiger partial charge in [-0.3, -0.25) is 4.90 Å². The summed E-state index contributed by atoms with van der Waals surface area (Å²) in [5.74, 6) is 6.17. The highest BCUT2D eigenvalue weighted by Gasteiger charge is 2.20. The largest absolute Gasteiger partial charge is 0.320 e. The summed E-state index contributed by atoms with van der Waals surface area (Å²) in [5.41, 5.74) is 6.64. The van der Waals surface area contributed by atoms with Crippen LogP contribution in [-0.2, 0) is 6.54 Å². The molecule has 1 aromatic rings. The van der Waals surface area contributed by atoms with E-state index in [2.05, 4.69) is 35.1 Å². The summed E-state index contributed by atoms with van der Waals surface area (Å²) in [6.07, 6.45) is 6.73. The minimum atomic E-state index is 0.441. The van der Waals surface area contributed by atoms with Crippen molar-refractivity contribution in [3.8, 4) is 11.8 Å².